The SMILES string of the molecule is CNS(=O)(=O)NCCC1COc2ccccc2O1. The summed E-state index contributed by atoms with van der Waals surface area (Å²) in [6.45, 7) is 0.734. The minimum absolute atomic E-state index is 0.139. The van der Waals surface area contributed by atoms with Crippen LogP contribution in [0.1, 0.15) is 6.42 Å². The number of benzene rings is 1. The maximum atomic E-state index is 11.1. The standard InChI is InChI=1S/C11H16N2O4S/c1-12-18(14,15)13-7-6-9-8-16-10-4-2-3-5-11(10)17-9/h2-5,9,12-13H,6-8H2,1H3. The van der Waals surface area contributed by atoms with Crippen LogP contribution in [0.2, 0.25) is 0 Å². The summed E-state index contributed by atoms with van der Waals surface area (Å²) in [4.78, 5) is 0. The van der Waals surface area contributed by atoms with Crippen molar-refractivity contribution in [1.82, 2.24) is 9.44 Å². The van der Waals surface area contributed by atoms with Crippen LogP contribution >= 0.6 is 0 Å². The van der Waals surface area contributed by atoms with E-state index in [0.717, 1.165) is 5.75 Å². The third-order valence-corrected chi connectivity index (χ3v) is 3.72. The summed E-state index contributed by atoms with van der Waals surface area (Å²) in [7, 11) is -2.02. The first-order valence-electron chi connectivity index (χ1n) is 5.67. The van der Waals surface area contributed by atoms with Crippen molar-refractivity contribution in [3.05, 3.63) is 24.3 Å². The third-order valence-electron chi connectivity index (χ3n) is 2.59. The van der Waals surface area contributed by atoms with Crippen LogP contribution in [0.15, 0.2) is 24.3 Å². The van der Waals surface area contributed by atoms with Gasteiger partial charge in [0.05, 0.1) is 0 Å². The Kier molecular flexibility index (Phi) is 4.05. The van der Waals surface area contributed by atoms with Gasteiger partial charge in [-0.2, -0.15) is 8.42 Å². The zero-order valence-electron chi connectivity index (χ0n) is 10.0. The molecule has 1 atom stereocenters. The van der Waals surface area contributed by atoms with Gasteiger partial charge in [-0.25, -0.2) is 9.44 Å². The van der Waals surface area contributed by atoms with E-state index >= 15 is 0 Å². The Bertz CT molecular complexity index is 504. The Morgan fingerprint density at radius 3 is 2.78 bits per heavy atom. The molecular formula is C11H16N2O4S. The maximum Gasteiger partial charge on any atom is 0.276 e. The predicted molar refractivity (Wildman–Crippen MR) is 67.0 cm³/mol. The smallest absolute Gasteiger partial charge is 0.276 e. The van der Waals surface area contributed by atoms with E-state index in [1.165, 1.54) is 7.05 Å². The Hall–Kier alpha value is -1.31. The number of ether oxygens (including phenoxy) is 2. The largest absolute Gasteiger partial charge is 0.486 e. The summed E-state index contributed by atoms with van der Waals surface area (Å²) in [5.74, 6) is 1.43. The van der Waals surface area contributed by atoms with Crippen molar-refractivity contribution in [3.8, 4) is 11.5 Å². The molecule has 0 spiro atoms. The van der Waals surface area contributed by atoms with E-state index < -0.39 is 10.2 Å². The van der Waals surface area contributed by atoms with Crippen LogP contribution in [0, 0.1) is 0 Å². The van der Waals surface area contributed by atoms with Gasteiger partial charge in [0, 0.05) is 20.0 Å². The molecule has 2 rings (SSSR count). The molecule has 1 aromatic carbocycles. The Balaban J connectivity index is 1.84. The molecule has 2 N–H and O–H groups in total. The molecule has 1 aliphatic heterocycles. The summed E-state index contributed by atoms with van der Waals surface area (Å²) in [5.41, 5.74) is 0. The van der Waals surface area contributed by atoms with Gasteiger partial charge in [0.2, 0.25) is 0 Å². The molecule has 0 aliphatic carbocycles. The van der Waals surface area contributed by atoms with E-state index in [0.29, 0.717) is 25.3 Å². The topological polar surface area (TPSA) is 76.7 Å². The molecule has 1 heterocycles. The Morgan fingerprint density at radius 1 is 1.33 bits per heavy atom. The van der Waals surface area contributed by atoms with Crippen LogP contribution in [0.4, 0.5) is 0 Å². The molecule has 6 nitrogen and oxygen atoms in total. The van der Waals surface area contributed by atoms with E-state index in [9.17, 15) is 8.42 Å². The zero-order valence-corrected chi connectivity index (χ0v) is 10.9. The van der Waals surface area contributed by atoms with E-state index in [4.69, 9.17) is 9.47 Å². The second-order valence-electron chi connectivity index (χ2n) is 3.89. The lowest BCUT2D eigenvalue weighted by Crippen LogP contribution is -2.38. The first-order chi connectivity index (χ1) is 8.61. The van der Waals surface area contributed by atoms with Gasteiger partial charge in [0.15, 0.2) is 11.5 Å². The predicted octanol–water partition coefficient (Wildman–Crippen LogP) is 0.270. The summed E-state index contributed by atoms with van der Waals surface area (Å²) in [5, 5.41) is 0. The lowest BCUT2D eigenvalue weighted by molar-refractivity contribution is 0.0859. The molecule has 0 fully saturated rings. The van der Waals surface area contributed by atoms with Crippen molar-refractivity contribution in [2.75, 3.05) is 20.2 Å². The molecule has 0 amide bonds. The van der Waals surface area contributed by atoms with Crippen LogP contribution in [0.25, 0.3) is 0 Å². The molecular weight excluding hydrogens is 256 g/mol. The maximum absolute atomic E-state index is 11.1. The fraction of sp³-hybridized carbons (Fsp3) is 0.455. The highest BCUT2D eigenvalue weighted by Gasteiger charge is 2.20. The second kappa shape index (κ2) is 5.55. The molecule has 0 bridgehead atoms. The highest BCUT2D eigenvalue weighted by molar-refractivity contribution is 7.87. The Morgan fingerprint density at radius 2 is 2.06 bits per heavy atom. The van der Waals surface area contributed by atoms with Crippen LogP contribution in [0.3, 0.4) is 0 Å². The van der Waals surface area contributed by atoms with Crippen LogP contribution < -0.4 is 18.9 Å². The lowest BCUT2D eigenvalue weighted by atomic mass is 10.2. The molecule has 0 saturated heterocycles. The summed E-state index contributed by atoms with van der Waals surface area (Å²) in [6.07, 6.45) is 0.411. The van der Waals surface area contributed by atoms with Crippen LogP contribution in [-0.4, -0.2) is 34.7 Å². The molecule has 7 heteroatoms. The van der Waals surface area contributed by atoms with Crippen molar-refractivity contribution in [1.29, 1.82) is 0 Å². The van der Waals surface area contributed by atoms with Crippen molar-refractivity contribution < 1.29 is 17.9 Å². The second-order valence-corrected chi connectivity index (χ2v) is 5.59. The molecule has 100 valence electrons. The van der Waals surface area contributed by atoms with Crippen molar-refractivity contribution >= 4 is 10.2 Å². The molecule has 0 radical (unpaired) electrons. The molecule has 1 aliphatic rings. The minimum Gasteiger partial charge on any atom is -0.486 e. The highest BCUT2D eigenvalue weighted by atomic mass is 32.2. The van der Waals surface area contributed by atoms with Gasteiger partial charge in [-0.3, -0.25) is 0 Å². The summed E-state index contributed by atoms with van der Waals surface area (Å²) in [6, 6.07) is 7.42. The fourth-order valence-corrected chi connectivity index (χ4v) is 2.16. The van der Waals surface area contributed by atoms with E-state index in [1.807, 2.05) is 24.3 Å². The number of hydrogen-bond acceptors (Lipinski definition) is 4. The number of para-hydroxylation sites is 2. The molecule has 18 heavy (non-hydrogen) atoms. The molecule has 0 aromatic heterocycles. The summed E-state index contributed by atoms with van der Waals surface area (Å²) < 4.78 is 38.1. The van der Waals surface area contributed by atoms with Gasteiger partial charge in [-0.15, -0.1) is 0 Å². The quantitative estimate of drug-likeness (QED) is 0.806. The first kappa shape index (κ1) is 13.1. The lowest BCUT2D eigenvalue weighted by Gasteiger charge is -2.26. The first-order valence-corrected chi connectivity index (χ1v) is 7.15. The fourth-order valence-electron chi connectivity index (χ4n) is 1.63. The molecule has 1 aromatic rings. The number of rotatable bonds is 5. The average molecular weight is 272 g/mol. The van der Waals surface area contributed by atoms with Gasteiger partial charge in [0.25, 0.3) is 10.2 Å². The highest BCUT2D eigenvalue weighted by Crippen LogP contribution is 2.31. The summed E-state index contributed by atoms with van der Waals surface area (Å²) >= 11 is 0. The molecule has 1 unspecified atom stereocenters. The van der Waals surface area contributed by atoms with E-state index in [-0.39, 0.29) is 6.10 Å². The van der Waals surface area contributed by atoms with Crippen molar-refractivity contribution in [3.63, 3.8) is 0 Å². The van der Waals surface area contributed by atoms with Crippen LogP contribution in [-0.2, 0) is 10.2 Å². The van der Waals surface area contributed by atoms with Gasteiger partial charge >= 0.3 is 0 Å². The van der Waals surface area contributed by atoms with Crippen molar-refractivity contribution in [2.24, 2.45) is 0 Å². The van der Waals surface area contributed by atoms with Gasteiger partial charge < -0.3 is 9.47 Å². The zero-order chi connectivity index (χ0) is 13.0. The molecule has 0 saturated carbocycles. The van der Waals surface area contributed by atoms with Gasteiger partial charge in [0.1, 0.15) is 12.7 Å². The number of fused-ring (bicyclic) bond motifs is 1. The Labute approximate surface area is 106 Å². The average Bonchev–Trinajstić information content (AvgIpc) is 2.38. The van der Waals surface area contributed by atoms with Crippen LogP contribution in [0.5, 0.6) is 11.5 Å². The van der Waals surface area contributed by atoms with Gasteiger partial charge in [-0.05, 0) is 12.1 Å². The number of nitrogens with one attached hydrogen (secondary N) is 2. The van der Waals surface area contributed by atoms with E-state index in [1.54, 1.807) is 0 Å². The normalized spacial score (nSPS) is 18.6. The number of hydrogen-bond donors (Lipinski definition) is 2. The minimum atomic E-state index is -3.38. The monoisotopic (exact) mass is 272 g/mol. The van der Waals surface area contributed by atoms with E-state index in [2.05, 4.69) is 9.44 Å². The van der Waals surface area contributed by atoms with Gasteiger partial charge in [-0.1, -0.05) is 12.1 Å². The van der Waals surface area contributed by atoms with Crippen molar-refractivity contribution in [2.45, 2.75) is 12.5 Å². The third kappa shape index (κ3) is 3.34.